The van der Waals surface area contributed by atoms with Crippen molar-refractivity contribution in [2.75, 3.05) is 4.90 Å². The molecule has 0 saturated heterocycles. The number of halogens is 1. The molecule has 2 fully saturated rings. The molecule has 0 radical (unpaired) electrons. The predicted molar refractivity (Wildman–Crippen MR) is 107 cm³/mol. The number of carbonyl (C=O) groups is 1. The second kappa shape index (κ2) is 7.29. The molecule has 138 valence electrons. The van der Waals surface area contributed by atoms with Crippen molar-refractivity contribution in [1.29, 1.82) is 0 Å². The minimum Gasteiger partial charge on any atom is -0.302 e. The fourth-order valence-electron chi connectivity index (χ4n) is 3.94. The highest BCUT2D eigenvalue weighted by atomic mass is 35.5. The molecular formula is C20H24ClN3OS. The van der Waals surface area contributed by atoms with Crippen molar-refractivity contribution in [1.82, 2.24) is 10.3 Å². The third-order valence-electron chi connectivity index (χ3n) is 5.46. The van der Waals surface area contributed by atoms with Crippen LogP contribution >= 0.6 is 22.9 Å². The van der Waals surface area contributed by atoms with Crippen molar-refractivity contribution in [3.05, 3.63) is 45.9 Å². The largest absolute Gasteiger partial charge is 0.302 e. The molecule has 0 spiro atoms. The summed E-state index contributed by atoms with van der Waals surface area (Å²) < 4.78 is 0. The van der Waals surface area contributed by atoms with Gasteiger partial charge in [0, 0.05) is 35.5 Å². The van der Waals surface area contributed by atoms with Crippen LogP contribution in [-0.4, -0.2) is 16.9 Å². The Morgan fingerprint density at radius 2 is 2.00 bits per heavy atom. The Morgan fingerprint density at radius 1 is 1.31 bits per heavy atom. The zero-order valence-electron chi connectivity index (χ0n) is 15.0. The average molecular weight is 390 g/mol. The summed E-state index contributed by atoms with van der Waals surface area (Å²) in [7, 11) is 0. The summed E-state index contributed by atoms with van der Waals surface area (Å²) in [6, 6.07) is 8.57. The topological polar surface area (TPSA) is 45.2 Å². The second-order valence-corrected chi connectivity index (χ2v) is 8.66. The maximum atomic E-state index is 11.9. The Labute approximate surface area is 163 Å². The van der Waals surface area contributed by atoms with Gasteiger partial charge in [-0.15, -0.1) is 11.3 Å². The molecule has 0 atom stereocenters. The third-order valence-corrected chi connectivity index (χ3v) is 6.60. The van der Waals surface area contributed by atoms with Gasteiger partial charge in [-0.2, -0.15) is 0 Å². The summed E-state index contributed by atoms with van der Waals surface area (Å²) >= 11 is 7.63. The fourth-order valence-corrected chi connectivity index (χ4v) is 5.01. The molecule has 4 rings (SSSR count). The monoisotopic (exact) mass is 389 g/mol. The lowest BCUT2D eigenvalue weighted by Gasteiger charge is -2.31. The van der Waals surface area contributed by atoms with Crippen LogP contribution in [-0.2, 0) is 16.9 Å². The molecule has 26 heavy (non-hydrogen) atoms. The molecule has 2 aliphatic rings. The summed E-state index contributed by atoms with van der Waals surface area (Å²) in [4.78, 5) is 18.5. The summed E-state index contributed by atoms with van der Waals surface area (Å²) in [6.45, 7) is 2.35. The van der Waals surface area contributed by atoms with Gasteiger partial charge in [0.25, 0.3) is 0 Å². The van der Waals surface area contributed by atoms with Crippen molar-refractivity contribution >= 4 is 34.0 Å². The number of amides is 1. The van der Waals surface area contributed by atoms with Gasteiger partial charge in [-0.05, 0) is 43.4 Å². The number of aromatic nitrogens is 1. The number of carbonyl (C=O) groups excluding carboxylic acids is 1. The number of hydrogen-bond donors (Lipinski definition) is 1. The minimum atomic E-state index is 0.00508. The van der Waals surface area contributed by atoms with Crippen LogP contribution in [0.15, 0.2) is 29.6 Å². The Morgan fingerprint density at radius 3 is 2.62 bits per heavy atom. The van der Waals surface area contributed by atoms with Gasteiger partial charge in [-0.25, -0.2) is 4.98 Å². The van der Waals surface area contributed by atoms with E-state index in [0.717, 1.165) is 48.1 Å². The molecule has 1 heterocycles. The van der Waals surface area contributed by atoms with Crippen LogP contribution in [0.1, 0.15) is 56.7 Å². The number of thiazole rings is 1. The van der Waals surface area contributed by atoms with E-state index in [9.17, 15) is 4.79 Å². The zero-order chi connectivity index (χ0) is 18.1. The molecule has 0 unspecified atom stereocenters. The summed E-state index contributed by atoms with van der Waals surface area (Å²) in [5.74, 6) is 0.0924. The molecule has 0 aliphatic heterocycles. The van der Waals surface area contributed by atoms with Gasteiger partial charge in [0.2, 0.25) is 5.91 Å². The number of hydrogen-bond acceptors (Lipinski definition) is 4. The Hall–Kier alpha value is -1.43. The molecule has 6 heteroatoms. The third kappa shape index (κ3) is 3.66. The van der Waals surface area contributed by atoms with Crippen LogP contribution in [0.2, 0.25) is 5.02 Å². The molecule has 4 nitrogen and oxygen atoms in total. The fraction of sp³-hybridized carbons (Fsp3) is 0.500. The highest BCUT2D eigenvalue weighted by molar-refractivity contribution is 7.14. The second-order valence-electron chi connectivity index (χ2n) is 7.39. The number of anilines is 1. The van der Waals surface area contributed by atoms with E-state index in [-0.39, 0.29) is 11.4 Å². The average Bonchev–Trinajstić information content (AvgIpc) is 3.14. The van der Waals surface area contributed by atoms with E-state index >= 15 is 0 Å². The number of benzene rings is 1. The molecule has 2 aliphatic carbocycles. The van der Waals surface area contributed by atoms with Crippen LogP contribution < -0.4 is 10.2 Å². The van der Waals surface area contributed by atoms with Crippen molar-refractivity contribution in [2.45, 2.75) is 63.6 Å². The van der Waals surface area contributed by atoms with Gasteiger partial charge in [0.05, 0.1) is 5.69 Å². The molecule has 1 aromatic heterocycles. The molecule has 1 amide bonds. The standard InChI is InChI=1S/C20H24ClN3OS/c1-14(25)24(18-8-9-18)19-23-17(13-26-19)12-22-20(10-2-3-11-20)15-4-6-16(21)7-5-15/h4-7,13,18,22H,2-3,8-12H2,1H3. The Kier molecular flexibility index (Phi) is 5.04. The van der Waals surface area contributed by atoms with E-state index in [4.69, 9.17) is 16.6 Å². The van der Waals surface area contributed by atoms with E-state index in [1.165, 1.54) is 18.4 Å². The SMILES string of the molecule is CC(=O)N(c1nc(CNC2(c3ccc(Cl)cc3)CCCC2)cs1)C1CC1. The van der Waals surface area contributed by atoms with Gasteiger partial charge in [0.1, 0.15) is 0 Å². The van der Waals surface area contributed by atoms with E-state index < -0.39 is 0 Å². The van der Waals surface area contributed by atoms with E-state index in [1.807, 2.05) is 17.0 Å². The van der Waals surface area contributed by atoms with Crippen LogP contribution in [0.25, 0.3) is 0 Å². The summed E-state index contributed by atoms with van der Waals surface area (Å²) in [5, 5.41) is 7.46. The minimum absolute atomic E-state index is 0.00508. The molecule has 1 aromatic carbocycles. The summed E-state index contributed by atoms with van der Waals surface area (Å²) in [5.41, 5.74) is 2.32. The highest BCUT2D eigenvalue weighted by Crippen LogP contribution is 2.39. The molecule has 2 aromatic rings. The molecule has 1 N–H and O–H groups in total. The quantitative estimate of drug-likeness (QED) is 0.766. The van der Waals surface area contributed by atoms with Crippen molar-refractivity contribution < 1.29 is 4.79 Å². The Balaban J connectivity index is 1.48. The maximum absolute atomic E-state index is 11.9. The first-order valence-corrected chi connectivity index (χ1v) is 10.6. The van der Waals surface area contributed by atoms with Crippen LogP contribution in [0.5, 0.6) is 0 Å². The normalized spacial score (nSPS) is 18.8. The van der Waals surface area contributed by atoms with Gasteiger partial charge >= 0.3 is 0 Å². The van der Waals surface area contributed by atoms with Gasteiger partial charge in [0.15, 0.2) is 5.13 Å². The van der Waals surface area contributed by atoms with Crippen molar-refractivity contribution in [3.63, 3.8) is 0 Å². The number of rotatable bonds is 6. The van der Waals surface area contributed by atoms with E-state index in [2.05, 4.69) is 22.8 Å². The van der Waals surface area contributed by atoms with Crippen LogP contribution in [0, 0.1) is 0 Å². The van der Waals surface area contributed by atoms with Crippen molar-refractivity contribution in [3.8, 4) is 0 Å². The van der Waals surface area contributed by atoms with Gasteiger partial charge in [-0.3, -0.25) is 9.69 Å². The zero-order valence-corrected chi connectivity index (χ0v) is 16.6. The molecule has 2 saturated carbocycles. The number of nitrogens with zero attached hydrogens (tertiary/aromatic N) is 2. The first kappa shape index (κ1) is 18.0. The highest BCUT2D eigenvalue weighted by Gasteiger charge is 2.36. The van der Waals surface area contributed by atoms with E-state index in [0.29, 0.717) is 6.04 Å². The maximum Gasteiger partial charge on any atom is 0.225 e. The molecule has 0 bridgehead atoms. The lowest BCUT2D eigenvalue weighted by atomic mass is 9.88. The first-order chi connectivity index (χ1) is 12.6. The Bertz CT molecular complexity index is 779. The van der Waals surface area contributed by atoms with Gasteiger partial charge < -0.3 is 5.32 Å². The molecular weight excluding hydrogens is 366 g/mol. The van der Waals surface area contributed by atoms with E-state index in [1.54, 1.807) is 18.3 Å². The van der Waals surface area contributed by atoms with Gasteiger partial charge in [-0.1, -0.05) is 36.6 Å². The smallest absolute Gasteiger partial charge is 0.225 e. The predicted octanol–water partition coefficient (Wildman–Crippen LogP) is 4.87. The first-order valence-electron chi connectivity index (χ1n) is 9.33. The van der Waals surface area contributed by atoms with Crippen LogP contribution in [0.3, 0.4) is 0 Å². The van der Waals surface area contributed by atoms with Crippen molar-refractivity contribution in [2.24, 2.45) is 0 Å². The van der Waals surface area contributed by atoms with Crippen LogP contribution in [0.4, 0.5) is 5.13 Å². The summed E-state index contributed by atoms with van der Waals surface area (Å²) in [6.07, 6.45) is 6.91. The lowest BCUT2D eigenvalue weighted by Crippen LogP contribution is -2.39. The lowest BCUT2D eigenvalue weighted by molar-refractivity contribution is -0.116. The number of nitrogens with one attached hydrogen (secondary N) is 1.